The number of carbonyl (C=O) groups excluding carboxylic acids is 1. The van der Waals surface area contributed by atoms with Crippen LogP contribution in [0.5, 0.6) is 0 Å². The maximum atomic E-state index is 12.2. The van der Waals surface area contributed by atoms with Crippen LogP contribution < -0.4 is 5.32 Å². The molecule has 1 aliphatic carbocycles. The van der Waals surface area contributed by atoms with E-state index in [1.54, 1.807) is 4.90 Å². The molecular weight excluding hydrogens is 268 g/mol. The number of hydrogen-bond acceptors (Lipinski definition) is 3. The fourth-order valence-electron chi connectivity index (χ4n) is 3.02. The lowest BCUT2D eigenvalue weighted by atomic mass is 9.78. The second kappa shape index (κ2) is 8.37. The summed E-state index contributed by atoms with van der Waals surface area (Å²) in [7, 11) is 0. The van der Waals surface area contributed by atoms with Gasteiger partial charge in [0.05, 0.1) is 13.1 Å². The van der Waals surface area contributed by atoms with E-state index in [1.807, 2.05) is 13.8 Å². The standard InChI is InChI=1S/C16H30N2O3/c1-5-12(3)18(10-16(20)21)9-15(19)17-14-8-6-7-11(2)13(14)4/h11-14H,5-10H2,1-4H3,(H,17,19)(H,20,21). The molecule has 0 saturated heterocycles. The first-order chi connectivity index (χ1) is 9.85. The molecule has 1 rings (SSSR count). The van der Waals surface area contributed by atoms with Gasteiger partial charge >= 0.3 is 5.97 Å². The number of carboxylic acid groups (broad SMARTS) is 1. The third kappa shape index (κ3) is 5.65. The van der Waals surface area contributed by atoms with Gasteiger partial charge in [-0.1, -0.05) is 33.6 Å². The van der Waals surface area contributed by atoms with Crippen molar-refractivity contribution >= 4 is 11.9 Å². The molecule has 5 heteroatoms. The van der Waals surface area contributed by atoms with Crippen molar-refractivity contribution < 1.29 is 14.7 Å². The van der Waals surface area contributed by atoms with Gasteiger partial charge in [-0.2, -0.15) is 0 Å². The highest BCUT2D eigenvalue weighted by Gasteiger charge is 2.29. The molecule has 0 heterocycles. The summed E-state index contributed by atoms with van der Waals surface area (Å²) in [5, 5.41) is 12.1. The first kappa shape index (κ1) is 18.0. The fraction of sp³-hybridized carbons (Fsp3) is 0.875. The van der Waals surface area contributed by atoms with E-state index in [1.165, 1.54) is 6.42 Å². The Morgan fingerprint density at radius 2 is 1.95 bits per heavy atom. The summed E-state index contributed by atoms with van der Waals surface area (Å²) < 4.78 is 0. The monoisotopic (exact) mass is 298 g/mol. The minimum atomic E-state index is -0.886. The zero-order valence-electron chi connectivity index (χ0n) is 13.8. The smallest absolute Gasteiger partial charge is 0.317 e. The van der Waals surface area contributed by atoms with Gasteiger partial charge in [0.15, 0.2) is 0 Å². The summed E-state index contributed by atoms with van der Waals surface area (Å²) in [5.74, 6) is 0.179. The Kier molecular flexibility index (Phi) is 7.15. The van der Waals surface area contributed by atoms with Gasteiger partial charge in [0.2, 0.25) is 5.91 Å². The van der Waals surface area contributed by atoms with Crippen molar-refractivity contribution in [1.29, 1.82) is 0 Å². The van der Waals surface area contributed by atoms with E-state index in [0.29, 0.717) is 11.8 Å². The summed E-state index contributed by atoms with van der Waals surface area (Å²) in [4.78, 5) is 24.9. The van der Waals surface area contributed by atoms with Crippen molar-refractivity contribution in [1.82, 2.24) is 10.2 Å². The Balaban J connectivity index is 2.54. The zero-order valence-corrected chi connectivity index (χ0v) is 13.8. The van der Waals surface area contributed by atoms with Gasteiger partial charge in [-0.3, -0.25) is 14.5 Å². The molecule has 0 aliphatic heterocycles. The Labute approximate surface area is 128 Å². The molecule has 4 unspecified atom stereocenters. The SMILES string of the molecule is CCC(C)N(CC(=O)O)CC(=O)NC1CCCC(C)C1C. The molecular formula is C16H30N2O3. The molecule has 5 nitrogen and oxygen atoms in total. The Morgan fingerprint density at radius 3 is 2.52 bits per heavy atom. The number of amides is 1. The average molecular weight is 298 g/mol. The van der Waals surface area contributed by atoms with Crippen LogP contribution in [0.25, 0.3) is 0 Å². The lowest BCUT2D eigenvalue weighted by Crippen LogP contribution is -2.49. The highest BCUT2D eigenvalue weighted by Crippen LogP contribution is 2.29. The van der Waals surface area contributed by atoms with Gasteiger partial charge in [-0.25, -0.2) is 0 Å². The van der Waals surface area contributed by atoms with Crippen LogP contribution in [0.4, 0.5) is 0 Å². The van der Waals surface area contributed by atoms with Crippen LogP contribution in [-0.2, 0) is 9.59 Å². The summed E-state index contributed by atoms with van der Waals surface area (Å²) >= 11 is 0. The highest BCUT2D eigenvalue weighted by atomic mass is 16.4. The Hall–Kier alpha value is -1.10. The second-order valence-corrected chi connectivity index (χ2v) is 6.50. The lowest BCUT2D eigenvalue weighted by Gasteiger charge is -2.35. The molecule has 21 heavy (non-hydrogen) atoms. The molecule has 0 aromatic heterocycles. The van der Waals surface area contributed by atoms with Gasteiger partial charge < -0.3 is 10.4 Å². The predicted molar refractivity (Wildman–Crippen MR) is 83.1 cm³/mol. The molecule has 4 atom stereocenters. The van der Waals surface area contributed by atoms with Gasteiger partial charge in [-0.15, -0.1) is 0 Å². The second-order valence-electron chi connectivity index (χ2n) is 6.50. The molecule has 0 spiro atoms. The quantitative estimate of drug-likeness (QED) is 0.755. The maximum absolute atomic E-state index is 12.2. The minimum Gasteiger partial charge on any atom is -0.480 e. The first-order valence-electron chi connectivity index (χ1n) is 8.10. The van der Waals surface area contributed by atoms with Crippen LogP contribution >= 0.6 is 0 Å². The Bertz CT molecular complexity index is 359. The van der Waals surface area contributed by atoms with Crippen LogP contribution in [0.2, 0.25) is 0 Å². The molecule has 0 radical (unpaired) electrons. The largest absolute Gasteiger partial charge is 0.480 e. The molecule has 1 saturated carbocycles. The average Bonchev–Trinajstić information content (AvgIpc) is 2.41. The number of hydrogen-bond donors (Lipinski definition) is 2. The number of nitrogens with zero attached hydrogens (tertiary/aromatic N) is 1. The zero-order chi connectivity index (χ0) is 16.0. The Morgan fingerprint density at radius 1 is 1.29 bits per heavy atom. The summed E-state index contributed by atoms with van der Waals surface area (Å²) in [6.07, 6.45) is 4.24. The van der Waals surface area contributed by atoms with Crippen molar-refractivity contribution in [3.05, 3.63) is 0 Å². The normalized spacial score (nSPS) is 27.4. The molecule has 0 aromatic carbocycles. The molecule has 0 bridgehead atoms. The van der Waals surface area contributed by atoms with E-state index >= 15 is 0 Å². The first-order valence-corrected chi connectivity index (χ1v) is 8.10. The van der Waals surface area contributed by atoms with Crippen LogP contribution in [0, 0.1) is 11.8 Å². The number of carboxylic acids is 1. The number of carbonyl (C=O) groups is 2. The molecule has 1 amide bonds. The van der Waals surface area contributed by atoms with Gasteiger partial charge in [0.25, 0.3) is 0 Å². The maximum Gasteiger partial charge on any atom is 0.317 e. The van der Waals surface area contributed by atoms with E-state index in [9.17, 15) is 9.59 Å². The van der Waals surface area contributed by atoms with Crippen molar-refractivity contribution in [2.24, 2.45) is 11.8 Å². The summed E-state index contributed by atoms with van der Waals surface area (Å²) in [5.41, 5.74) is 0. The van der Waals surface area contributed by atoms with E-state index in [2.05, 4.69) is 19.2 Å². The minimum absolute atomic E-state index is 0.0532. The van der Waals surface area contributed by atoms with Gasteiger partial charge in [0, 0.05) is 12.1 Å². The summed E-state index contributed by atoms with van der Waals surface area (Å²) in [6, 6.07) is 0.319. The lowest BCUT2D eigenvalue weighted by molar-refractivity contribution is -0.139. The number of aliphatic carboxylic acids is 1. The number of rotatable bonds is 7. The molecule has 122 valence electrons. The molecule has 1 aliphatic rings. The molecule has 1 fully saturated rings. The van der Waals surface area contributed by atoms with Gasteiger partial charge in [0.1, 0.15) is 0 Å². The third-order valence-electron chi connectivity index (χ3n) is 4.95. The topological polar surface area (TPSA) is 69.6 Å². The van der Waals surface area contributed by atoms with Crippen LogP contribution in [-0.4, -0.2) is 47.1 Å². The highest BCUT2D eigenvalue weighted by molar-refractivity contribution is 5.79. The molecule has 0 aromatic rings. The summed E-state index contributed by atoms with van der Waals surface area (Å²) in [6.45, 7) is 8.47. The number of nitrogens with one attached hydrogen (secondary N) is 1. The van der Waals surface area contributed by atoms with Crippen LogP contribution in [0.15, 0.2) is 0 Å². The fourth-order valence-corrected chi connectivity index (χ4v) is 3.02. The third-order valence-corrected chi connectivity index (χ3v) is 4.95. The van der Waals surface area contributed by atoms with Gasteiger partial charge in [-0.05, 0) is 31.6 Å². The van der Waals surface area contributed by atoms with E-state index < -0.39 is 5.97 Å². The van der Waals surface area contributed by atoms with E-state index in [4.69, 9.17) is 5.11 Å². The van der Waals surface area contributed by atoms with Crippen LogP contribution in [0.3, 0.4) is 0 Å². The van der Waals surface area contributed by atoms with Crippen molar-refractivity contribution in [2.75, 3.05) is 13.1 Å². The van der Waals surface area contributed by atoms with E-state index in [0.717, 1.165) is 19.3 Å². The molecule has 2 N–H and O–H groups in total. The van der Waals surface area contributed by atoms with Crippen LogP contribution in [0.1, 0.15) is 53.4 Å². The predicted octanol–water partition coefficient (Wildman–Crippen LogP) is 2.11. The van der Waals surface area contributed by atoms with Crippen molar-refractivity contribution in [2.45, 2.75) is 65.5 Å². The van der Waals surface area contributed by atoms with Crippen molar-refractivity contribution in [3.63, 3.8) is 0 Å². The van der Waals surface area contributed by atoms with Crippen molar-refractivity contribution in [3.8, 4) is 0 Å². The van der Waals surface area contributed by atoms with E-state index in [-0.39, 0.29) is 31.1 Å².